The van der Waals surface area contributed by atoms with E-state index in [-0.39, 0.29) is 5.56 Å². The lowest BCUT2D eigenvalue weighted by atomic mass is 10.1. The van der Waals surface area contributed by atoms with Gasteiger partial charge in [-0.05, 0) is 36.3 Å². The molecule has 88 valence electrons. The number of aromatic carboxylic acids is 1. The molecule has 0 unspecified atom stereocenters. The standard InChI is InChI=1S/C14H8ClNO2/c15-12-5-2-8-16-13(12)7-6-10-3-1-4-11(9-10)14(17)18/h1-5,8-9H,(H,17,18). The maximum atomic E-state index is 10.8. The lowest BCUT2D eigenvalue weighted by molar-refractivity contribution is 0.0697. The van der Waals surface area contributed by atoms with Crippen LogP contribution < -0.4 is 0 Å². The Labute approximate surface area is 109 Å². The van der Waals surface area contributed by atoms with E-state index in [4.69, 9.17) is 16.7 Å². The summed E-state index contributed by atoms with van der Waals surface area (Å²) in [5.41, 5.74) is 1.28. The third-order valence-electron chi connectivity index (χ3n) is 2.19. The second kappa shape index (κ2) is 5.35. The molecule has 1 heterocycles. The Bertz CT molecular complexity index is 656. The maximum Gasteiger partial charge on any atom is 0.335 e. The van der Waals surface area contributed by atoms with Crippen LogP contribution in [0, 0.1) is 11.8 Å². The van der Waals surface area contributed by atoms with Gasteiger partial charge in [-0.1, -0.05) is 23.6 Å². The third-order valence-corrected chi connectivity index (χ3v) is 2.50. The summed E-state index contributed by atoms with van der Waals surface area (Å²) >= 11 is 5.91. The third kappa shape index (κ3) is 2.88. The number of carboxylic acids is 1. The monoisotopic (exact) mass is 257 g/mol. The van der Waals surface area contributed by atoms with Crippen molar-refractivity contribution in [3.8, 4) is 11.8 Å². The summed E-state index contributed by atoms with van der Waals surface area (Å²) in [5.74, 6) is 4.67. The summed E-state index contributed by atoms with van der Waals surface area (Å²) in [6.07, 6.45) is 1.60. The zero-order valence-electron chi connectivity index (χ0n) is 9.22. The van der Waals surface area contributed by atoms with Crippen molar-refractivity contribution in [3.05, 3.63) is 64.4 Å². The molecule has 0 radical (unpaired) electrons. The van der Waals surface area contributed by atoms with Crippen molar-refractivity contribution in [1.82, 2.24) is 4.98 Å². The number of carboxylic acid groups (broad SMARTS) is 1. The van der Waals surface area contributed by atoms with Gasteiger partial charge < -0.3 is 5.11 Å². The van der Waals surface area contributed by atoms with Crippen molar-refractivity contribution in [2.24, 2.45) is 0 Å². The predicted octanol–water partition coefficient (Wildman–Crippen LogP) is 2.83. The van der Waals surface area contributed by atoms with Gasteiger partial charge in [0.05, 0.1) is 10.6 Å². The Hall–Kier alpha value is -2.31. The van der Waals surface area contributed by atoms with E-state index in [1.54, 1.807) is 30.5 Å². The molecule has 0 aliphatic rings. The molecule has 3 nitrogen and oxygen atoms in total. The summed E-state index contributed by atoms with van der Waals surface area (Å²) in [6.45, 7) is 0. The van der Waals surface area contributed by atoms with E-state index in [0.717, 1.165) is 0 Å². The Morgan fingerprint density at radius 3 is 2.78 bits per heavy atom. The van der Waals surface area contributed by atoms with Gasteiger partial charge >= 0.3 is 5.97 Å². The minimum absolute atomic E-state index is 0.203. The number of hydrogen-bond donors (Lipinski definition) is 1. The number of rotatable bonds is 1. The first-order chi connectivity index (χ1) is 8.66. The smallest absolute Gasteiger partial charge is 0.335 e. The first-order valence-corrected chi connectivity index (χ1v) is 5.50. The molecule has 1 N–H and O–H groups in total. The summed E-state index contributed by atoms with van der Waals surface area (Å²) < 4.78 is 0. The average Bonchev–Trinajstić information content (AvgIpc) is 2.38. The molecule has 18 heavy (non-hydrogen) atoms. The molecule has 1 aromatic heterocycles. The van der Waals surface area contributed by atoms with Crippen LogP contribution in [0.25, 0.3) is 0 Å². The largest absolute Gasteiger partial charge is 0.478 e. The Morgan fingerprint density at radius 2 is 2.06 bits per heavy atom. The van der Waals surface area contributed by atoms with E-state index < -0.39 is 5.97 Å². The minimum Gasteiger partial charge on any atom is -0.478 e. The molecule has 0 aliphatic heterocycles. The quantitative estimate of drug-likeness (QED) is 0.799. The highest BCUT2D eigenvalue weighted by Crippen LogP contribution is 2.11. The number of nitrogens with zero attached hydrogens (tertiary/aromatic N) is 1. The van der Waals surface area contributed by atoms with Crippen LogP contribution in [0.3, 0.4) is 0 Å². The van der Waals surface area contributed by atoms with Crippen LogP contribution >= 0.6 is 11.6 Å². The van der Waals surface area contributed by atoms with Crippen molar-refractivity contribution in [2.45, 2.75) is 0 Å². The van der Waals surface area contributed by atoms with Crippen LogP contribution in [-0.2, 0) is 0 Å². The zero-order valence-corrected chi connectivity index (χ0v) is 9.98. The summed E-state index contributed by atoms with van der Waals surface area (Å²) in [4.78, 5) is 14.8. The molecule has 0 amide bonds. The molecule has 0 atom stereocenters. The van der Waals surface area contributed by atoms with E-state index in [9.17, 15) is 4.79 Å². The van der Waals surface area contributed by atoms with Gasteiger partial charge in [-0.25, -0.2) is 9.78 Å². The predicted molar refractivity (Wildman–Crippen MR) is 68.6 cm³/mol. The van der Waals surface area contributed by atoms with E-state index in [0.29, 0.717) is 16.3 Å². The SMILES string of the molecule is O=C(O)c1cccc(C#Cc2ncccc2Cl)c1. The minimum atomic E-state index is -0.977. The number of pyridine rings is 1. The molecule has 0 spiro atoms. The summed E-state index contributed by atoms with van der Waals surface area (Å²) in [6, 6.07) is 9.82. The lowest BCUT2D eigenvalue weighted by Crippen LogP contribution is -1.95. The van der Waals surface area contributed by atoms with Crippen molar-refractivity contribution >= 4 is 17.6 Å². The number of aromatic nitrogens is 1. The van der Waals surface area contributed by atoms with E-state index in [2.05, 4.69) is 16.8 Å². The van der Waals surface area contributed by atoms with Gasteiger partial charge in [0, 0.05) is 11.8 Å². The molecule has 4 heteroatoms. The maximum absolute atomic E-state index is 10.8. The van der Waals surface area contributed by atoms with Crippen LogP contribution in [0.4, 0.5) is 0 Å². The number of carbonyl (C=O) groups is 1. The van der Waals surface area contributed by atoms with Gasteiger partial charge in [0.1, 0.15) is 5.69 Å². The molecule has 1 aromatic carbocycles. The van der Waals surface area contributed by atoms with Gasteiger partial charge in [-0.15, -0.1) is 0 Å². The molecule has 0 saturated heterocycles. The normalized spacial score (nSPS) is 9.39. The average molecular weight is 258 g/mol. The molecular weight excluding hydrogens is 250 g/mol. The fourth-order valence-corrected chi connectivity index (χ4v) is 1.51. The fourth-order valence-electron chi connectivity index (χ4n) is 1.34. The van der Waals surface area contributed by atoms with Crippen molar-refractivity contribution in [1.29, 1.82) is 0 Å². The lowest BCUT2D eigenvalue weighted by Gasteiger charge is -1.95. The van der Waals surface area contributed by atoms with Gasteiger partial charge in [-0.2, -0.15) is 0 Å². The van der Waals surface area contributed by atoms with Crippen molar-refractivity contribution < 1.29 is 9.90 Å². The summed E-state index contributed by atoms with van der Waals surface area (Å²) in [5, 5.41) is 9.33. The number of halogens is 1. The van der Waals surface area contributed by atoms with E-state index in [1.807, 2.05) is 0 Å². The fraction of sp³-hybridized carbons (Fsp3) is 0. The Morgan fingerprint density at radius 1 is 1.22 bits per heavy atom. The highest BCUT2D eigenvalue weighted by molar-refractivity contribution is 6.31. The topological polar surface area (TPSA) is 50.2 Å². The molecule has 2 rings (SSSR count). The van der Waals surface area contributed by atoms with Crippen molar-refractivity contribution in [2.75, 3.05) is 0 Å². The Balaban J connectivity index is 2.33. The van der Waals surface area contributed by atoms with Gasteiger partial charge in [0.2, 0.25) is 0 Å². The number of benzene rings is 1. The van der Waals surface area contributed by atoms with Crippen LogP contribution in [0.15, 0.2) is 42.6 Å². The van der Waals surface area contributed by atoms with E-state index in [1.165, 1.54) is 12.1 Å². The van der Waals surface area contributed by atoms with Gasteiger partial charge in [0.15, 0.2) is 0 Å². The molecule has 2 aromatic rings. The first kappa shape index (κ1) is 12.2. The second-order valence-electron chi connectivity index (χ2n) is 3.47. The van der Waals surface area contributed by atoms with Crippen LogP contribution in [-0.4, -0.2) is 16.1 Å². The highest BCUT2D eigenvalue weighted by Gasteiger charge is 2.01. The van der Waals surface area contributed by atoms with Gasteiger partial charge in [0.25, 0.3) is 0 Å². The molecule has 0 saturated carbocycles. The first-order valence-electron chi connectivity index (χ1n) is 5.13. The molecular formula is C14H8ClNO2. The molecule has 0 bridgehead atoms. The summed E-state index contributed by atoms with van der Waals surface area (Å²) in [7, 11) is 0. The molecule has 0 aliphatic carbocycles. The highest BCUT2D eigenvalue weighted by atomic mass is 35.5. The second-order valence-corrected chi connectivity index (χ2v) is 3.88. The number of hydrogen-bond acceptors (Lipinski definition) is 2. The van der Waals surface area contributed by atoms with Gasteiger partial charge in [-0.3, -0.25) is 0 Å². The zero-order chi connectivity index (χ0) is 13.0. The van der Waals surface area contributed by atoms with Crippen LogP contribution in [0.5, 0.6) is 0 Å². The Kier molecular flexibility index (Phi) is 3.61. The van der Waals surface area contributed by atoms with Crippen LogP contribution in [0.2, 0.25) is 5.02 Å². The molecule has 0 fully saturated rings. The van der Waals surface area contributed by atoms with Crippen LogP contribution in [0.1, 0.15) is 21.6 Å². The van der Waals surface area contributed by atoms with E-state index >= 15 is 0 Å². The van der Waals surface area contributed by atoms with Crippen molar-refractivity contribution in [3.63, 3.8) is 0 Å².